The highest BCUT2D eigenvalue weighted by atomic mass is 35.5. The summed E-state index contributed by atoms with van der Waals surface area (Å²) >= 11 is 5.90. The number of amides is 2. The van der Waals surface area contributed by atoms with E-state index in [9.17, 15) is 18.0 Å². The first-order chi connectivity index (χ1) is 13.2. The number of methoxy groups -OCH3 is 1. The molecular weight excluding hydrogens is 403 g/mol. The zero-order valence-corrected chi connectivity index (χ0v) is 15.2. The standard InChI is InChI=1S/C15H13ClF3N7O2/c1-7(28-2)13-9(6-20-12-4-10(16)25-26(12)13)22-14(27)23-11-3-8(5-21-24-11)15(17,18)19/h3-7H,1-2H3,(H2,22,23,24,27). The predicted octanol–water partition coefficient (Wildman–Crippen LogP) is 3.54. The van der Waals surface area contributed by atoms with E-state index in [1.54, 1.807) is 6.92 Å². The summed E-state index contributed by atoms with van der Waals surface area (Å²) in [5, 5.41) is 15.7. The van der Waals surface area contributed by atoms with Crippen molar-refractivity contribution in [3.63, 3.8) is 0 Å². The molecule has 28 heavy (non-hydrogen) atoms. The highest BCUT2D eigenvalue weighted by molar-refractivity contribution is 6.29. The second-order valence-corrected chi connectivity index (χ2v) is 5.97. The lowest BCUT2D eigenvalue weighted by atomic mass is 10.2. The number of hydrogen-bond donors (Lipinski definition) is 2. The van der Waals surface area contributed by atoms with Gasteiger partial charge in [-0.2, -0.15) is 23.4 Å². The van der Waals surface area contributed by atoms with Crippen LogP contribution in [0.25, 0.3) is 5.65 Å². The summed E-state index contributed by atoms with van der Waals surface area (Å²) in [6, 6.07) is 1.34. The number of rotatable bonds is 4. The van der Waals surface area contributed by atoms with Crippen LogP contribution in [0, 0.1) is 0 Å². The number of carbonyl (C=O) groups is 1. The summed E-state index contributed by atoms with van der Waals surface area (Å²) in [5.74, 6) is -0.371. The summed E-state index contributed by atoms with van der Waals surface area (Å²) in [7, 11) is 1.46. The zero-order valence-electron chi connectivity index (χ0n) is 14.5. The van der Waals surface area contributed by atoms with Gasteiger partial charge in [-0.05, 0) is 13.0 Å². The van der Waals surface area contributed by atoms with Crippen molar-refractivity contribution in [1.82, 2.24) is 24.8 Å². The van der Waals surface area contributed by atoms with Crippen LogP contribution in [0.5, 0.6) is 0 Å². The Labute approximate surface area is 160 Å². The summed E-state index contributed by atoms with van der Waals surface area (Å²) in [5.41, 5.74) is 0.0445. The molecule has 0 aliphatic rings. The molecule has 0 saturated heterocycles. The van der Waals surface area contributed by atoms with Crippen LogP contribution in [0.15, 0.2) is 24.5 Å². The van der Waals surface area contributed by atoms with Gasteiger partial charge in [0.15, 0.2) is 16.6 Å². The van der Waals surface area contributed by atoms with Gasteiger partial charge in [0.2, 0.25) is 0 Å². The van der Waals surface area contributed by atoms with Crippen molar-refractivity contribution >= 4 is 34.8 Å². The minimum absolute atomic E-state index is 0.192. The van der Waals surface area contributed by atoms with E-state index in [-0.39, 0.29) is 16.7 Å². The molecule has 3 aromatic rings. The fourth-order valence-corrected chi connectivity index (χ4v) is 2.55. The third-order valence-corrected chi connectivity index (χ3v) is 3.89. The quantitative estimate of drug-likeness (QED) is 0.675. The molecule has 0 aliphatic heterocycles. The van der Waals surface area contributed by atoms with Crippen LogP contribution in [0.1, 0.15) is 24.3 Å². The van der Waals surface area contributed by atoms with E-state index < -0.39 is 23.9 Å². The van der Waals surface area contributed by atoms with Gasteiger partial charge < -0.3 is 10.1 Å². The van der Waals surface area contributed by atoms with Crippen LogP contribution >= 0.6 is 11.6 Å². The van der Waals surface area contributed by atoms with Crippen LogP contribution in [0.4, 0.5) is 29.5 Å². The maximum atomic E-state index is 12.7. The molecule has 0 saturated carbocycles. The molecule has 0 bridgehead atoms. The lowest BCUT2D eigenvalue weighted by Gasteiger charge is -2.17. The van der Waals surface area contributed by atoms with Gasteiger partial charge in [-0.3, -0.25) is 5.32 Å². The van der Waals surface area contributed by atoms with Crippen LogP contribution in [-0.4, -0.2) is 37.9 Å². The van der Waals surface area contributed by atoms with E-state index in [4.69, 9.17) is 16.3 Å². The van der Waals surface area contributed by atoms with Crippen LogP contribution in [0.3, 0.4) is 0 Å². The molecule has 9 nitrogen and oxygen atoms in total. The Bertz CT molecular complexity index is 1020. The molecule has 3 aromatic heterocycles. The zero-order chi connectivity index (χ0) is 20.5. The fraction of sp³-hybridized carbons (Fsp3) is 0.267. The average Bonchev–Trinajstić information content (AvgIpc) is 3.00. The SMILES string of the molecule is COC(C)c1c(NC(=O)Nc2cc(C(F)(F)F)cnn2)cnc2cc(Cl)nn12. The molecule has 2 amide bonds. The topological polar surface area (TPSA) is 106 Å². The Kier molecular flexibility index (Phi) is 5.34. The van der Waals surface area contributed by atoms with Gasteiger partial charge >= 0.3 is 12.2 Å². The minimum Gasteiger partial charge on any atom is -0.375 e. The van der Waals surface area contributed by atoms with Crippen molar-refractivity contribution < 1.29 is 22.7 Å². The number of alkyl halides is 3. The van der Waals surface area contributed by atoms with Crippen molar-refractivity contribution in [2.45, 2.75) is 19.2 Å². The normalized spacial score (nSPS) is 12.8. The number of halogens is 4. The molecule has 0 fully saturated rings. The van der Waals surface area contributed by atoms with E-state index in [1.807, 2.05) is 0 Å². The first-order valence-corrected chi connectivity index (χ1v) is 8.11. The van der Waals surface area contributed by atoms with Gasteiger partial charge in [0.25, 0.3) is 0 Å². The summed E-state index contributed by atoms with van der Waals surface area (Å²) in [6.07, 6.45) is -3.21. The number of urea groups is 1. The van der Waals surface area contributed by atoms with Gasteiger partial charge in [0, 0.05) is 13.2 Å². The number of hydrogen-bond acceptors (Lipinski definition) is 6. The molecule has 0 radical (unpaired) electrons. The summed E-state index contributed by atoms with van der Waals surface area (Å²) < 4.78 is 44.9. The molecule has 1 atom stereocenters. The maximum absolute atomic E-state index is 12.7. The minimum atomic E-state index is -4.61. The molecule has 0 aliphatic carbocycles. The van der Waals surface area contributed by atoms with Crippen LogP contribution < -0.4 is 10.6 Å². The molecule has 2 N–H and O–H groups in total. The highest BCUT2D eigenvalue weighted by Crippen LogP contribution is 2.29. The van der Waals surface area contributed by atoms with Gasteiger partial charge in [-0.15, -0.1) is 5.10 Å². The van der Waals surface area contributed by atoms with Gasteiger partial charge in [0.05, 0.1) is 35.4 Å². The predicted molar refractivity (Wildman–Crippen MR) is 93.1 cm³/mol. The lowest BCUT2D eigenvalue weighted by Crippen LogP contribution is -2.23. The number of carbonyl (C=O) groups excluding carboxylic acids is 1. The van der Waals surface area contributed by atoms with Crippen molar-refractivity contribution in [2.24, 2.45) is 0 Å². The molecule has 0 aromatic carbocycles. The Morgan fingerprint density at radius 1 is 1.29 bits per heavy atom. The molecule has 3 heterocycles. The number of anilines is 2. The first kappa shape index (κ1) is 19.8. The van der Waals surface area contributed by atoms with Crippen LogP contribution in [0.2, 0.25) is 5.15 Å². The summed E-state index contributed by atoms with van der Waals surface area (Å²) in [6.45, 7) is 1.71. The Balaban J connectivity index is 1.87. The van der Waals surface area contributed by atoms with E-state index in [2.05, 4.69) is 30.9 Å². The van der Waals surface area contributed by atoms with Crippen molar-refractivity contribution in [3.8, 4) is 0 Å². The Morgan fingerprint density at radius 3 is 2.71 bits per heavy atom. The van der Waals surface area contributed by atoms with E-state index >= 15 is 0 Å². The maximum Gasteiger partial charge on any atom is 0.418 e. The molecule has 1 unspecified atom stereocenters. The van der Waals surface area contributed by atoms with Gasteiger partial charge in [0.1, 0.15) is 0 Å². The number of fused-ring (bicyclic) bond motifs is 1. The molecular formula is C15H13ClF3N7O2. The van der Waals surface area contributed by atoms with E-state index in [0.29, 0.717) is 23.6 Å². The van der Waals surface area contributed by atoms with Crippen molar-refractivity contribution in [2.75, 3.05) is 17.7 Å². The molecule has 3 rings (SSSR count). The molecule has 0 spiro atoms. The molecule has 148 valence electrons. The third kappa shape index (κ3) is 4.12. The molecule has 13 heteroatoms. The number of nitrogens with zero attached hydrogens (tertiary/aromatic N) is 5. The Hall–Kier alpha value is -2.99. The van der Waals surface area contributed by atoms with E-state index in [0.717, 1.165) is 0 Å². The average molecular weight is 416 g/mol. The highest BCUT2D eigenvalue weighted by Gasteiger charge is 2.31. The Morgan fingerprint density at radius 2 is 2.04 bits per heavy atom. The van der Waals surface area contributed by atoms with Gasteiger partial charge in [-0.25, -0.2) is 14.3 Å². The largest absolute Gasteiger partial charge is 0.418 e. The number of nitrogens with one attached hydrogen (secondary N) is 2. The van der Waals surface area contributed by atoms with E-state index in [1.165, 1.54) is 23.9 Å². The smallest absolute Gasteiger partial charge is 0.375 e. The first-order valence-electron chi connectivity index (χ1n) is 7.74. The second kappa shape index (κ2) is 7.56. The second-order valence-electron chi connectivity index (χ2n) is 5.58. The number of aromatic nitrogens is 5. The van der Waals surface area contributed by atoms with Crippen molar-refractivity contribution in [1.29, 1.82) is 0 Å². The number of ether oxygens (including phenoxy) is 1. The lowest BCUT2D eigenvalue weighted by molar-refractivity contribution is -0.137. The van der Waals surface area contributed by atoms with Crippen molar-refractivity contribution in [3.05, 3.63) is 40.9 Å². The monoisotopic (exact) mass is 415 g/mol. The van der Waals surface area contributed by atoms with Gasteiger partial charge in [-0.1, -0.05) is 11.6 Å². The summed E-state index contributed by atoms with van der Waals surface area (Å²) in [4.78, 5) is 16.4. The third-order valence-electron chi connectivity index (χ3n) is 3.70. The fourth-order valence-electron chi connectivity index (χ4n) is 2.38. The van der Waals surface area contributed by atoms with Crippen LogP contribution in [-0.2, 0) is 10.9 Å².